The second kappa shape index (κ2) is 14.5. The number of unbranched alkanes of at least 4 members (excludes halogenated alkanes) is 5. The molecule has 0 bridgehead atoms. The summed E-state index contributed by atoms with van der Waals surface area (Å²) in [6, 6.07) is 23.0. The molecule has 4 nitrogen and oxygen atoms in total. The molecule has 0 saturated heterocycles. The van der Waals surface area contributed by atoms with Gasteiger partial charge in [-0.15, -0.1) is 0 Å². The van der Waals surface area contributed by atoms with Gasteiger partial charge in [0.2, 0.25) is 0 Å². The first-order valence-corrected chi connectivity index (χ1v) is 14.4. The largest absolute Gasteiger partial charge is 0.323 e. The number of hydrogen-bond acceptors (Lipinski definition) is 4. The van der Waals surface area contributed by atoms with E-state index in [1.807, 2.05) is 36.7 Å². The first kappa shape index (κ1) is 26.9. The van der Waals surface area contributed by atoms with Crippen molar-refractivity contribution < 1.29 is 0 Å². The zero-order valence-corrected chi connectivity index (χ0v) is 22.6. The highest BCUT2D eigenvalue weighted by Crippen LogP contribution is 2.20. The highest BCUT2D eigenvalue weighted by molar-refractivity contribution is 7.99. The van der Waals surface area contributed by atoms with Crippen molar-refractivity contribution >= 4 is 11.8 Å². The van der Waals surface area contributed by atoms with Crippen molar-refractivity contribution in [2.45, 2.75) is 70.0 Å². The van der Waals surface area contributed by atoms with Crippen LogP contribution in [0, 0.1) is 6.92 Å². The molecule has 192 valence electrons. The third kappa shape index (κ3) is 9.01. The molecule has 2 aromatic heterocycles. The van der Waals surface area contributed by atoms with E-state index in [0.29, 0.717) is 13.0 Å². The van der Waals surface area contributed by atoms with Crippen molar-refractivity contribution in [1.29, 1.82) is 0 Å². The predicted molar refractivity (Wildman–Crippen MR) is 154 cm³/mol. The third-order valence-electron chi connectivity index (χ3n) is 6.55. The molecule has 5 heteroatoms. The summed E-state index contributed by atoms with van der Waals surface area (Å²) in [7, 11) is 0. The summed E-state index contributed by atoms with van der Waals surface area (Å²) in [6.07, 6.45) is 14.9. The lowest BCUT2D eigenvalue weighted by Gasteiger charge is -2.14. The van der Waals surface area contributed by atoms with Gasteiger partial charge in [-0.3, -0.25) is 9.78 Å². The van der Waals surface area contributed by atoms with Gasteiger partial charge in [0.1, 0.15) is 0 Å². The molecule has 0 aliphatic rings. The quantitative estimate of drug-likeness (QED) is 0.102. The van der Waals surface area contributed by atoms with E-state index in [1.54, 1.807) is 18.0 Å². The molecule has 4 aromatic rings. The molecule has 2 aromatic carbocycles. The molecule has 0 N–H and O–H groups in total. The van der Waals surface area contributed by atoms with E-state index in [0.717, 1.165) is 34.0 Å². The molecule has 0 aliphatic carbocycles. The monoisotopic (exact) mass is 511 g/mol. The maximum absolute atomic E-state index is 12.9. The summed E-state index contributed by atoms with van der Waals surface area (Å²) in [4.78, 5) is 21.6. The summed E-state index contributed by atoms with van der Waals surface area (Å²) in [5, 5.41) is 0.795. The Hall–Kier alpha value is -3.18. The van der Waals surface area contributed by atoms with Crippen LogP contribution in [0.3, 0.4) is 0 Å². The summed E-state index contributed by atoms with van der Waals surface area (Å²) in [5.41, 5.74) is 5.60. The van der Waals surface area contributed by atoms with Gasteiger partial charge in [0.25, 0.3) is 5.56 Å². The Morgan fingerprint density at radius 1 is 0.784 bits per heavy atom. The Balaban J connectivity index is 1.26. The van der Waals surface area contributed by atoms with Crippen LogP contribution in [-0.2, 0) is 19.4 Å². The highest BCUT2D eigenvalue weighted by atomic mass is 32.2. The fourth-order valence-electron chi connectivity index (χ4n) is 4.43. The van der Waals surface area contributed by atoms with Gasteiger partial charge in [-0.2, -0.15) is 4.98 Å². The van der Waals surface area contributed by atoms with Crippen LogP contribution in [0.2, 0.25) is 0 Å². The topological polar surface area (TPSA) is 47.8 Å². The van der Waals surface area contributed by atoms with E-state index in [9.17, 15) is 4.79 Å². The minimum atomic E-state index is -0.123. The number of rotatable bonds is 14. The third-order valence-corrected chi connectivity index (χ3v) is 7.63. The van der Waals surface area contributed by atoms with Crippen LogP contribution in [0.15, 0.2) is 95.3 Å². The smallest absolute Gasteiger partial charge is 0.277 e. The maximum atomic E-state index is 12.9. The van der Waals surface area contributed by atoms with E-state index >= 15 is 0 Å². The molecule has 0 saturated carbocycles. The maximum Gasteiger partial charge on any atom is 0.277 e. The van der Waals surface area contributed by atoms with Crippen LogP contribution in [-0.4, -0.2) is 20.3 Å². The summed E-state index contributed by atoms with van der Waals surface area (Å²) < 4.78 is 2.12. The second-order valence-electron chi connectivity index (χ2n) is 9.71. The van der Waals surface area contributed by atoms with Crippen LogP contribution < -0.4 is 5.56 Å². The molecule has 0 spiro atoms. The van der Waals surface area contributed by atoms with Gasteiger partial charge in [-0.1, -0.05) is 104 Å². The first-order valence-electron chi connectivity index (χ1n) is 13.4. The van der Waals surface area contributed by atoms with E-state index in [4.69, 9.17) is 0 Å². The molecule has 4 rings (SSSR count). The van der Waals surface area contributed by atoms with Gasteiger partial charge in [-0.05, 0) is 48.9 Å². The normalized spacial score (nSPS) is 11.1. The number of hydrogen-bond donors (Lipinski definition) is 0. The molecule has 0 aliphatic heterocycles. The Morgan fingerprint density at radius 2 is 1.51 bits per heavy atom. The molecular formula is C32H37N3OS. The Kier molecular flexibility index (Phi) is 10.6. The molecule has 0 unspecified atom stereocenters. The Bertz CT molecular complexity index is 1270. The van der Waals surface area contributed by atoms with Crippen LogP contribution in [0.25, 0.3) is 0 Å². The fraction of sp³-hybridized carbons (Fsp3) is 0.344. The predicted octanol–water partition coefficient (Wildman–Crippen LogP) is 7.26. The summed E-state index contributed by atoms with van der Waals surface area (Å²) in [6.45, 7) is 2.80. The molecule has 0 atom stereocenters. The molecule has 37 heavy (non-hydrogen) atoms. The van der Waals surface area contributed by atoms with Gasteiger partial charge in [0, 0.05) is 36.3 Å². The van der Waals surface area contributed by atoms with E-state index in [2.05, 4.69) is 63.9 Å². The SMILES string of the molecule is Cc1ccc(CCCCCCCCSc2nc(=O)c(Cc3ccccc3)cn2Cc2cccnc2)cc1. The average molecular weight is 512 g/mol. The lowest BCUT2D eigenvalue weighted by Crippen LogP contribution is -2.20. The lowest BCUT2D eigenvalue weighted by molar-refractivity contribution is 0.608. The van der Waals surface area contributed by atoms with Crippen molar-refractivity contribution in [3.8, 4) is 0 Å². The lowest BCUT2D eigenvalue weighted by atomic mass is 10.0. The van der Waals surface area contributed by atoms with Crippen LogP contribution in [0.1, 0.15) is 66.3 Å². The number of pyridine rings is 1. The molecule has 0 amide bonds. The van der Waals surface area contributed by atoms with Crippen molar-refractivity contribution in [3.63, 3.8) is 0 Å². The Labute approximate surface area is 225 Å². The van der Waals surface area contributed by atoms with E-state index in [-0.39, 0.29) is 5.56 Å². The van der Waals surface area contributed by atoms with Gasteiger partial charge in [0.05, 0.1) is 6.54 Å². The fourth-order valence-corrected chi connectivity index (χ4v) is 5.39. The van der Waals surface area contributed by atoms with Crippen LogP contribution in [0.5, 0.6) is 0 Å². The average Bonchev–Trinajstić information content (AvgIpc) is 2.92. The van der Waals surface area contributed by atoms with Gasteiger partial charge in [-0.25, -0.2) is 0 Å². The molecule has 2 heterocycles. The standard InChI is InChI=1S/C32H37N3OS/c1-26-16-18-27(19-17-26)12-7-4-2-3-5-10-21-37-32-34-31(36)30(22-28-13-8-6-9-14-28)25-35(32)24-29-15-11-20-33-23-29/h6,8-9,11,13-20,23,25H,2-5,7,10,12,21-22,24H2,1H3. The highest BCUT2D eigenvalue weighted by Gasteiger charge is 2.11. The number of benzene rings is 2. The number of thioether (sulfide) groups is 1. The van der Waals surface area contributed by atoms with Gasteiger partial charge >= 0.3 is 0 Å². The van der Waals surface area contributed by atoms with Crippen molar-refractivity contribution in [3.05, 3.63) is 123 Å². The zero-order chi connectivity index (χ0) is 25.7. The van der Waals surface area contributed by atoms with E-state index < -0.39 is 0 Å². The number of aromatic nitrogens is 3. The van der Waals surface area contributed by atoms with Crippen LogP contribution >= 0.6 is 11.8 Å². The van der Waals surface area contributed by atoms with E-state index in [1.165, 1.54) is 49.7 Å². The number of nitrogens with zero attached hydrogens (tertiary/aromatic N) is 3. The summed E-state index contributed by atoms with van der Waals surface area (Å²) in [5.74, 6) is 0.973. The minimum absolute atomic E-state index is 0.123. The first-order chi connectivity index (χ1) is 18.2. The van der Waals surface area contributed by atoms with Gasteiger partial charge < -0.3 is 4.57 Å². The molecular weight excluding hydrogens is 474 g/mol. The number of aryl methyl sites for hydroxylation is 2. The summed E-state index contributed by atoms with van der Waals surface area (Å²) >= 11 is 1.69. The van der Waals surface area contributed by atoms with Crippen molar-refractivity contribution in [2.75, 3.05) is 5.75 Å². The van der Waals surface area contributed by atoms with Crippen molar-refractivity contribution in [1.82, 2.24) is 14.5 Å². The molecule has 0 radical (unpaired) electrons. The van der Waals surface area contributed by atoms with Crippen LogP contribution in [0.4, 0.5) is 0 Å². The van der Waals surface area contributed by atoms with Gasteiger partial charge in [0.15, 0.2) is 5.16 Å². The van der Waals surface area contributed by atoms with Crippen molar-refractivity contribution in [2.24, 2.45) is 0 Å². The Morgan fingerprint density at radius 3 is 2.27 bits per heavy atom. The molecule has 0 fully saturated rings. The minimum Gasteiger partial charge on any atom is -0.323 e. The zero-order valence-electron chi connectivity index (χ0n) is 21.8. The second-order valence-corrected chi connectivity index (χ2v) is 10.8.